The highest BCUT2D eigenvalue weighted by Gasteiger charge is 2.16. The van der Waals surface area contributed by atoms with Crippen molar-refractivity contribution >= 4 is 40.9 Å². The average Bonchev–Trinajstić information content (AvgIpc) is 2.83. The van der Waals surface area contributed by atoms with Crippen LogP contribution in [0.1, 0.15) is 12.0 Å². The number of aromatic nitrogens is 4. The van der Waals surface area contributed by atoms with Gasteiger partial charge in [-0.25, -0.2) is 15.0 Å². The molecule has 1 fully saturated rings. The molecule has 2 aromatic heterocycles. The number of ether oxygens (including phenoxy) is 1. The molecule has 4 rings (SSSR count). The van der Waals surface area contributed by atoms with Crippen LogP contribution in [-0.2, 0) is 11.2 Å². The summed E-state index contributed by atoms with van der Waals surface area (Å²) in [7, 11) is 0. The zero-order valence-electron chi connectivity index (χ0n) is 17.6. The van der Waals surface area contributed by atoms with Crippen LogP contribution in [0, 0.1) is 0 Å². The van der Waals surface area contributed by atoms with Gasteiger partial charge in [-0.15, -0.1) is 0 Å². The van der Waals surface area contributed by atoms with Gasteiger partial charge in [0.25, 0.3) is 0 Å². The minimum absolute atomic E-state index is 0.452. The monoisotopic (exact) mass is 467 g/mol. The fourth-order valence-electron chi connectivity index (χ4n) is 3.19. The second kappa shape index (κ2) is 11.7. The second-order valence-corrected chi connectivity index (χ2v) is 8.49. The molecule has 0 saturated carbocycles. The van der Waals surface area contributed by atoms with E-state index in [9.17, 15) is 0 Å². The number of thiocarbonyl (C=S) groups is 1. The summed E-state index contributed by atoms with van der Waals surface area (Å²) in [6.45, 7) is 3.69. The smallest absolute Gasteiger partial charge is 0.232 e. The number of benzene rings is 1. The van der Waals surface area contributed by atoms with Gasteiger partial charge in [-0.3, -0.25) is 0 Å². The van der Waals surface area contributed by atoms with Crippen LogP contribution in [-0.4, -0.2) is 57.9 Å². The Bertz CT molecular complexity index is 1000. The molecule has 1 aromatic carbocycles. The molecule has 3 aromatic rings. The van der Waals surface area contributed by atoms with Crippen LogP contribution >= 0.6 is 24.0 Å². The molecule has 0 spiro atoms. The number of nitrogens with zero attached hydrogens (tertiary/aromatic N) is 5. The Morgan fingerprint density at radius 3 is 2.62 bits per heavy atom. The van der Waals surface area contributed by atoms with Crippen molar-refractivity contribution in [1.29, 1.82) is 0 Å². The molecule has 8 nitrogen and oxygen atoms in total. The van der Waals surface area contributed by atoms with Crippen molar-refractivity contribution in [1.82, 2.24) is 25.3 Å². The van der Waals surface area contributed by atoms with Gasteiger partial charge < -0.3 is 20.3 Å². The van der Waals surface area contributed by atoms with Gasteiger partial charge in [0.1, 0.15) is 10.8 Å². The zero-order valence-corrected chi connectivity index (χ0v) is 19.2. The summed E-state index contributed by atoms with van der Waals surface area (Å²) in [4.78, 5) is 20.0. The molecule has 0 amide bonds. The highest BCUT2D eigenvalue weighted by molar-refractivity contribution is 7.99. The quantitative estimate of drug-likeness (QED) is 0.223. The lowest BCUT2D eigenvalue weighted by Gasteiger charge is -2.28. The van der Waals surface area contributed by atoms with Gasteiger partial charge in [-0.1, -0.05) is 30.3 Å². The average molecular weight is 468 g/mol. The van der Waals surface area contributed by atoms with Crippen LogP contribution in [0.3, 0.4) is 0 Å². The van der Waals surface area contributed by atoms with Crippen LogP contribution in [0.25, 0.3) is 0 Å². The lowest BCUT2D eigenvalue weighted by Crippen LogP contribution is -2.37. The number of aryl methyl sites for hydroxylation is 1. The Morgan fingerprint density at radius 1 is 1.06 bits per heavy atom. The van der Waals surface area contributed by atoms with Gasteiger partial charge in [0.2, 0.25) is 5.95 Å². The molecule has 0 bridgehead atoms. The Balaban J connectivity index is 1.39. The maximum atomic E-state index is 5.47. The largest absolute Gasteiger partial charge is 0.378 e. The van der Waals surface area contributed by atoms with Gasteiger partial charge in [0.15, 0.2) is 10.3 Å². The Hall–Kier alpha value is -2.82. The lowest BCUT2D eigenvalue weighted by atomic mass is 10.1. The zero-order chi connectivity index (χ0) is 22.0. The molecular weight excluding hydrogens is 442 g/mol. The minimum Gasteiger partial charge on any atom is -0.378 e. The van der Waals surface area contributed by atoms with Gasteiger partial charge in [-0.05, 0) is 48.5 Å². The Labute approximate surface area is 197 Å². The van der Waals surface area contributed by atoms with Gasteiger partial charge in [0, 0.05) is 38.1 Å². The van der Waals surface area contributed by atoms with Crippen LogP contribution in [0.2, 0.25) is 0 Å². The maximum Gasteiger partial charge on any atom is 0.232 e. The van der Waals surface area contributed by atoms with E-state index in [2.05, 4.69) is 59.7 Å². The third-order valence-corrected chi connectivity index (χ3v) is 5.82. The van der Waals surface area contributed by atoms with Crippen molar-refractivity contribution in [3.8, 4) is 0 Å². The first-order chi connectivity index (χ1) is 15.8. The SMILES string of the molecule is S=C(NCCCc1ccccc1)Nc1nc(Sc2ncccn2)cc(N2CCOCC2)n1. The second-order valence-electron chi connectivity index (χ2n) is 7.09. The summed E-state index contributed by atoms with van der Waals surface area (Å²) in [6.07, 6.45) is 5.41. The molecule has 32 heavy (non-hydrogen) atoms. The molecule has 3 heterocycles. The fourth-order valence-corrected chi connectivity index (χ4v) is 4.10. The van der Waals surface area contributed by atoms with Gasteiger partial charge >= 0.3 is 0 Å². The van der Waals surface area contributed by atoms with Crippen molar-refractivity contribution in [2.24, 2.45) is 0 Å². The van der Waals surface area contributed by atoms with Crippen LogP contribution < -0.4 is 15.5 Å². The van der Waals surface area contributed by atoms with Gasteiger partial charge in [0.05, 0.1) is 13.2 Å². The third-order valence-electron chi connectivity index (χ3n) is 4.76. The standard InChI is InChI=1S/C22H25N7OS2/c31-21(23-9-4-8-17-6-2-1-3-7-17)28-20-26-18(29-12-14-30-15-13-29)16-19(27-20)32-22-24-10-5-11-25-22/h1-3,5-7,10-11,16H,4,8-9,12-15H2,(H2,23,26,27,28,31). The molecule has 0 radical (unpaired) electrons. The van der Waals surface area contributed by atoms with Crippen LogP contribution in [0.4, 0.5) is 11.8 Å². The predicted octanol–water partition coefficient (Wildman–Crippen LogP) is 3.17. The minimum atomic E-state index is 0.452. The van der Waals surface area contributed by atoms with E-state index in [0.717, 1.165) is 43.3 Å². The van der Waals surface area contributed by atoms with Crippen molar-refractivity contribution in [3.05, 3.63) is 60.4 Å². The molecule has 1 saturated heterocycles. The molecule has 0 aliphatic carbocycles. The number of nitrogens with one attached hydrogen (secondary N) is 2. The van der Waals surface area contributed by atoms with Crippen molar-refractivity contribution in [2.45, 2.75) is 23.0 Å². The highest BCUT2D eigenvalue weighted by atomic mass is 32.2. The normalized spacial score (nSPS) is 13.6. The van der Waals surface area contributed by atoms with Crippen molar-refractivity contribution < 1.29 is 4.74 Å². The van der Waals surface area contributed by atoms with E-state index in [1.165, 1.54) is 17.3 Å². The topological polar surface area (TPSA) is 88.1 Å². The Morgan fingerprint density at radius 2 is 1.84 bits per heavy atom. The summed E-state index contributed by atoms with van der Waals surface area (Å²) >= 11 is 6.86. The number of morpholine rings is 1. The molecule has 10 heteroatoms. The van der Waals surface area contributed by atoms with E-state index < -0.39 is 0 Å². The summed E-state index contributed by atoms with van der Waals surface area (Å²) in [5.41, 5.74) is 1.32. The maximum absolute atomic E-state index is 5.47. The third kappa shape index (κ3) is 6.84. The first kappa shape index (κ1) is 22.4. The molecule has 166 valence electrons. The molecule has 0 atom stereocenters. The summed E-state index contributed by atoms with van der Waals surface area (Å²) < 4.78 is 5.47. The van der Waals surface area contributed by atoms with Crippen LogP contribution in [0.15, 0.2) is 65.0 Å². The lowest BCUT2D eigenvalue weighted by molar-refractivity contribution is 0.122. The first-order valence-electron chi connectivity index (χ1n) is 10.5. The van der Waals surface area contributed by atoms with Gasteiger partial charge in [-0.2, -0.15) is 4.98 Å². The predicted molar refractivity (Wildman–Crippen MR) is 130 cm³/mol. The van der Waals surface area contributed by atoms with E-state index in [1.807, 2.05) is 12.1 Å². The highest BCUT2D eigenvalue weighted by Crippen LogP contribution is 2.27. The van der Waals surface area contributed by atoms with Crippen molar-refractivity contribution in [3.63, 3.8) is 0 Å². The van der Waals surface area contributed by atoms with E-state index in [0.29, 0.717) is 29.4 Å². The molecule has 1 aliphatic rings. The number of hydrogen-bond donors (Lipinski definition) is 2. The van der Waals surface area contributed by atoms with E-state index in [4.69, 9.17) is 17.0 Å². The summed E-state index contributed by atoms with van der Waals surface area (Å²) in [5, 5.41) is 8.26. The molecular formula is C22H25N7OS2. The molecule has 2 N–H and O–H groups in total. The van der Waals surface area contributed by atoms with E-state index in [1.54, 1.807) is 18.5 Å². The van der Waals surface area contributed by atoms with E-state index >= 15 is 0 Å². The molecule has 0 unspecified atom stereocenters. The van der Waals surface area contributed by atoms with Crippen molar-refractivity contribution in [2.75, 3.05) is 43.1 Å². The number of anilines is 2. The summed E-state index contributed by atoms with van der Waals surface area (Å²) in [6, 6.07) is 14.2. The van der Waals surface area contributed by atoms with Crippen LogP contribution in [0.5, 0.6) is 0 Å². The van der Waals surface area contributed by atoms with E-state index in [-0.39, 0.29) is 0 Å². The summed E-state index contributed by atoms with van der Waals surface area (Å²) in [5.74, 6) is 1.28. The first-order valence-corrected chi connectivity index (χ1v) is 11.7. The number of rotatable bonds is 8. The molecule has 1 aliphatic heterocycles. The Kier molecular flexibility index (Phi) is 8.18. The fraction of sp³-hybridized carbons (Fsp3) is 0.318. The number of hydrogen-bond acceptors (Lipinski definition) is 8.